The number of carbonyl (C=O) groups excluding carboxylic acids is 1. The maximum absolute atomic E-state index is 13.3. The first kappa shape index (κ1) is 21.7. The molecule has 1 amide bonds. The minimum atomic E-state index is -3.43. The standard InChI is InChI=1S/C21H23FN4O3S2/c1-13-11-17(14(2)26(13)16-8-6-15(22)7-9-16)18-12-30-21(23-18)24-20(27)19-5-4-10-25(19)31(3,28)29/h6-9,11-12,19H,4-5,10H2,1-3H3,(H,23,24,27). The van der Waals surface area contributed by atoms with Crippen LogP contribution in [-0.2, 0) is 14.8 Å². The lowest BCUT2D eigenvalue weighted by atomic mass is 10.2. The van der Waals surface area contributed by atoms with Crippen LogP contribution in [0.15, 0.2) is 35.7 Å². The molecule has 1 atom stereocenters. The van der Waals surface area contributed by atoms with E-state index in [1.54, 1.807) is 12.1 Å². The second-order valence-electron chi connectivity index (χ2n) is 7.66. The van der Waals surface area contributed by atoms with Gasteiger partial charge in [-0.2, -0.15) is 4.31 Å². The van der Waals surface area contributed by atoms with E-state index in [1.165, 1.54) is 27.8 Å². The van der Waals surface area contributed by atoms with Crippen LogP contribution < -0.4 is 5.32 Å². The average Bonchev–Trinajstić information content (AvgIpc) is 3.42. The first-order valence-electron chi connectivity index (χ1n) is 9.83. The summed E-state index contributed by atoms with van der Waals surface area (Å²) in [5.41, 5.74) is 4.41. The predicted molar refractivity (Wildman–Crippen MR) is 120 cm³/mol. The van der Waals surface area contributed by atoms with Gasteiger partial charge in [-0.25, -0.2) is 17.8 Å². The highest BCUT2D eigenvalue weighted by Crippen LogP contribution is 2.32. The Kier molecular flexibility index (Phi) is 5.71. The van der Waals surface area contributed by atoms with Gasteiger partial charge >= 0.3 is 0 Å². The molecule has 7 nitrogen and oxygen atoms in total. The van der Waals surface area contributed by atoms with E-state index in [4.69, 9.17) is 0 Å². The van der Waals surface area contributed by atoms with Crippen molar-refractivity contribution in [1.29, 1.82) is 0 Å². The molecule has 0 spiro atoms. The lowest BCUT2D eigenvalue weighted by Crippen LogP contribution is -2.42. The maximum Gasteiger partial charge on any atom is 0.244 e. The lowest BCUT2D eigenvalue weighted by Gasteiger charge is -2.20. The molecular formula is C21H23FN4O3S2. The molecule has 1 N–H and O–H groups in total. The highest BCUT2D eigenvalue weighted by atomic mass is 32.2. The summed E-state index contributed by atoms with van der Waals surface area (Å²) in [5, 5.41) is 5.05. The van der Waals surface area contributed by atoms with Gasteiger partial charge in [-0.05, 0) is 57.0 Å². The molecule has 10 heteroatoms. The summed E-state index contributed by atoms with van der Waals surface area (Å²) in [5.74, 6) is -0.649. The molecule has 0 aliphatic carbocycles. The van der Waals surface area contributed by atoms with Crippen LogP contribution in [0.25, 0.3) is 16.9 Å². The van der Waals surface area contributed by atoms with E-state index in [1.807, 2.05) is 29.9 Å². The number of nitrogens with zero attached hydrogens (tertiary/aromatic N) is 3. The minimum absolute atomic E-state index is 0.289. The predicted octanol–water partition coefficient (Wildman–Crippen LogP) is 3.72. The third-order valence-electron chi connectivity index (χ3n) is 5.46. The number of sulfonamides is 1. The lowest BCUT2D eigenvalue weighted by molar-refractivity contribution is -0.119. The fourth-order valence-electron chi connectivity index (χ4n) is 4.05. The number of anilines is 1. The number of rotatable bonds is 5. The topological polar surface area (TPSA) is 84.3 Å². The number of aromatic nitrogens is 2. The molecule has 164 valence electrons. The van der Waals surface area contributed by atoms with Crippen LogP contribution in [0.3, 0.4) is 0 Å². The van der Waals surface area contributed by atoms with Crippen LogP contribution in [0, 0.1) is 19.7 Å². The summed E-state index contributed by atoms with van der Waals surface area (Å²) in [7, 11) is -3.43. The van der Waals surface area contributed by atoms with E-state index in [2.05, 4.69) is 10.3 Å². The van der Waals surface area contributed by atoms with E-state index in [-0.39, 0.29) is 11.7 Å². The molecule has 3 heterocycles. The van der Waals surface area contributed by atoms with Gasteiger partial charge in [-0.3, -0.25) is 4.79 Å². The summed E-state index contributed by atoms with van der Waals surface area (Å²) in [6, 6.07) is 7.59. The number of hydrogen-bond acceptors (Lipinski definition) is 5. The SMILES string of the molecule is Cc1cc(-c2csc(NC(=O)C3CCCN3S(C)(=O)=O)n2)c(C)n1-c1ccc(F)cc1. The quantitative estimate of drug-likeness (QED) is 0.626. The fourth-order valence-corrected chi connectivity index (χ4v) is 5.89. The van der Waals surface area contributed by atoms with E-state index in [0.717, 1.165) is 28.9 Å². The number of thiazole rings is 1. The molecular weight excluding hydrogens is 439 g/mol. The summed E-state index contributed by atoms with van der Waals surface area (Å²) in [4.78, 5) is 17.2. The van der Waals surface area contributed by atoms with Crippen LogP contribution in [0.2, 0.25) is 0 Å². The van der Waals surface area contributed by atoms with Gasteiger partial charge in [0.05, 0.1) is 11.9 Å². The highest BCUT2D eigenvalue weighted by Gasteiger charge is 2.36. The van der Waals surface area contributed by atoms with Crippen LogP contribution >= 0.6 is 11.3 Å². The van der Waals surface area contributed by atoms with Crippen molar-refractivity contribution >= 4 is 32.4 Å². The Hall–Kier alpha value is -2.56. The normalized spacial score (nSPS) is 17.2. The molecule has 31 heavy (non-hydrogen) atoms. The van der Waals surface area contributed by atoms with Crippen molar-refractivity contribution in [1.82, 2.24) is 13.9 Å². The van der Waals surface area contributed by atoms with Gasteiger partial charge < -0.3 is 9.88 Å². The molecule has 3 aromatic rings. The zero-order chi connectivity index (χ0) is 22.3. The molecule has 0 radical (unpaired) electrons. The summed E-state index contributed by atoms with van der Waals surface area (Å²) in [6.07, 6.45) is 2.27. The van der Waals surface area contributed by atoms with E-state index >= 15 is 0 Å². The first-order chi connectivity index (χ1) is 14.6. The number of carbonyl (C=O) groups is 1. The zero-order valence-corrected chi connectivity index (χ0v) is 19.1. The molecule has 4 rings (SSSR count). The van der Waals surface area contributed by atoms with Crippen molar-refractivity contribution < 1.29 is 17.6 Å². The van der Waals surface area contributed by atoms with Gasteiger partial charge in [0.25, 0.3) is 0 Å². The largest absolute Gasteiger partial charge is 0.318 e. The van der Waals surface area contributed by atoms with Crippen molar-refractivity contribution in [3.8, 4) is 16.9 Å². The van der Waals surface area contributed by atoms with E-state index < -0.39 is 16.1 Å². The number of halogens is 1. The first-order valence-corrected chi connectivity index (χ1v) is 12.6. The molecule has 1 aromatic carbocycles. The Morgan fingerprint density at radius 1 is 1.26 bits per heavy atom. The van der Waals surface area contributed by atoms with Crippen molar-refractivity contribution in [2.45, 2.75) is 32.7 Å². The second kappa shape index (κ2) is 8.18. The number of benzene rings is 1. The van der Waals surface area contributed by atoms with E-state index in [9.17, 15) is 17.6 Å². The van der Waals surface area contributed by atoms with Crippen LogP contribution in [0.1, 0.15) is 24.2 Å². The van der Waals surface area contributed by atoms with Gasteiger partial charge in [0.2, 0.25) is 15.9 Å². The Balaban J connectivity index is 1.56. The Morgan fingerprint density at radius 2 is 1.97 bits per heavy atom. The number of aryl methyl sites for hydroxylation is 1. The van der Waals surface area contributed by atoms with Crippen LogP contribution in [0.4, 0.5) is 9.52 Å². The Labute approximate surface area is 184 Å². The summed E-state index contributed by atoms with van der Waals surface area (Å²) >= 11 is 1.29. The van der Waals surface area contributed by atoms with Gasteiger partial charge in [0.1, 0.15) is 11.9 Å². The molecule has 1 aliphatic heterocycles. The second-order valence-corrected chi connectivity index (χ2v) is 10.4. The summed E-state index contributed by atoms with van der Waals surface area (Å²) in [6.45, 7) is 4.29. The number of amides is 1. The molecule has 0 saturated carbocycles. The Bertz CT molecular complexity index is 1230. The summed E-state index contributed by atoms with van der Waals surface area (Å²) < 4.78 is 40.4. The van der Waals surface area contributed by atoms with Gasteiger partial charge in [-0.1, -0.05) is 0 Å². The minimum Gasteiger partial charge on any atom is -0.318 e. The van der Waals surface area contributed by atoms with Crippen molar-refractivity contribution in [3.05, 3.63) is 52.9 Å². The van der Waals surface area contributed by atoms with Crippen LogP contribution in [-0.4, -0.2) is 47.0 Å². The van der Waals surface area contributed by atoms with Gasteiger partial charge in [0.15, 0.2) is 5.13 Å². The molecule has 0 bridgehead atoms. The third kappa shape index (κ3) is 4.28. The average molecular weight is 463 g/mol. The molecule has 1 unspecified atom stereocenters. The smallest absolute Gasteiger partial charge is 0.244 e. The number of hydrogen-bond donors (Lipinski definition) is 1. The molecule has 2 aromatic heterocycles. The highest BCUT2D eigenvalue weighted by molar-refractivity contribution is 7.88. The number of nitrogens with one attached hydrogen (secondary N) is 1. The Morgan fingerprint density at radius 3 is 2.65 bits per heavy atom. The van der Waals surface area contributed by atoms with Gasteiger partial charge in [0, 0.05) is 34.6 Å². The van der Waals surface area contributed by atoms with Crippen molar-refractivity contribution in [3.63, 3.8) is 0 Å². The molecule has 1 saturated heterocycles. The fraction of sp³-hybridized carbons (Fsp3) is 0.333. The van der Waals surface area contributed by atoms with Crippen molar-refractivity contribution in [2.75, 3.05) is 18.1 Å². The van der Waals surface area contributed by atoms with E-state index in [0.29, 0.717) is 30.2 Å². The molecule has 1 fully saturated rings. The molecule has 1 aliphatic rings. The van der Waals surface area contributed by atoms with Crippen LogP contribution in [0.5, 0.6) is 0 Å². The van der Waals surface area contributed by atoms with Crippen molar-refractivity contribution in [2.24, 2.45) is 0 Å². The third-order valence-corrected chi connectivity index (χ3v) is 7.51. The monoisotopic (exact) mass is 462 g/mol. The zero-order valence-electron chi connectivity index (χ0n) is 17.4. The van der Waals surface area contributed by atoms with Gasteiger partial charge in [-0.15, -0.1) is 11.3 Å². The maximum atomic E-state index is 13.3.